The predicted octanol–water partition coefficient (Wildman–Crippen LogP) is 3.99. The van der Waals surface area contributed by atoms with Crippen LogP contribution in [0.2, 0.25) is 0 Å². The molecular formula is C28H28N2O8. The summed E-state index contributed by atoms with van der Waals surface area (Å²) in [4.78, 5) is 36.6. The summed E-state index contributed by atoms with van der Waals surface area (Å²) in [6.07, 6.45) is -0.845. The third kappa shape index (κ3) is 6.16. The molecule has 1 saturated heterocycles. The molecule has 1 aliphatic heterocycles. The van der Waals surface area contributed by atoms with Crippen LogP contribution in [0.4, 0.5) is 10.5 Å². The van der Waals surface area contributed by atoms with Crippen LogP contribution in [0, 0.1) is 10.1 Å². The van der Waals surface area contributed by atoms with Gasteiger partial charge >= 0.3 is 12.1 Å². The Labute approximate surface area is 219 Å². The molecule has 1 aliphatic rings. The lowest BCUT2D eigenvalue weighted by molar-refractivity contribution is -0.384. The average Bonchev–Trinajstić information content (AvgIpc) is 3.28. The Morgan fingerprint density at radius 1 is 1.08 bits per heavy atom. The molecule has 2 N–H and O–H groups in total. The van der Waals surface area contributed by atoms with Crippen molar-refractivity contribution in [2.45, 2.75) is 45.1 Å². The highest BCUT2D eigenvalue weighted by molar-refractivity contribution is 5.76. The van der Waals surface area contributed by atoms with Gasteiger partial charge in [0.15, 0.2) is 0 Å². The van der Waals surface area contributed by atoms with Gasteiger partial charge in [0.1, 0.15) is 12.4 Å². The molecule has 0 spiro atoms. The summed E-state index contributed by atoms with van der Waals surface area (Å²) >= 11 is 0. The molecule has 2 atom stereocenters. The van der Waals surface area contributed by atoms with E-state index in [1.165, 1.54) is 36.1 Å². The van der Waals surface area contributed by atoms with Crippen LogP contribution in [0.1, 0.15) is 30.0 Å². The molecule has 0 bridgehead atoms. The summed E-state index contributed by atoms with van der Waals surface area (Å²) in [5, 5.41) is 31.4. The Bertz CT molecular complexity index is 1310. The van der Waals surface area contributed by atoms with Crippen molar-refractivity contribution >= 4 is 17.7 Å². The van der Waals surface area contributed by atoms with Crippen LogP contribution in [0.25, 0.3) is 11.1 Å². The zero-order chi connectivity index (χ0) is 27.2. The Morgan fingerprint density at radius 2 is 1.79 bits per heavy atom. The van der Waals surface area contributed by atoms with Crippen molar-refractivity contribution < 1.29 is 34.2 Å². The number of nitro benzene ring substituents is 1. The fraction of sp³-hybridized carbons (Fsp3) is 0.286. The van der Waals surface area contributed by atoms with Crippen LogP contribution in [0.3, 0.4) is 0 Å². The van der Waals surface area contributed by atoms with E-state index < -0.39 is 29.1 Å². The molecule has 3 aromatic carbocycles. The molecule has 10 heteroatoms. The molecule has 198 valence electrons. The van der Waals surface area contributed by atoms with Crippen molar-refractivity contribution in [1.29, 1.82) is 0 Å². The molecule has 0 aromatic heterocycles. The number of esters is 1. The van der Waals surface area contributed by atoms with Gasteiger partial charge in [-0.1, -0.05) is 42.5 Å². The summed E-state index contributed by atoms with van der Waals surface area (Å²) in [6.45, 7) is 0.896. The topological polar surface area (TPSA) is 139 Å². The first kappa shape index (κ1) is 26.8. The quantitative estimate of drug-likeness (QED) is 0.197. The number of carbonyl (C=O) groups excluding carboxylic acids is 2. The fourth-order valence-corrected chi connectivity index (χ4v) is 4.66. The van der Waals surface area contributed by atoms with Crippen molar-refractivity contribution in [3.05, 3.63) is 93.5 Å². The van der Waals surface area contributed by atoms with E-state index in [4.69, 9.17) is 9.47 Å². The highest BCUT2D eigenvalue weighted by Crippen LogP contribution is 2.36. The number of benzene rings is 3. The summed E-state index contributed by atoms with van der Waals surface area (Å²) < 4.78 is 11.0. The minimum absolute atomic E-state index is 0.0630. The molecule has 2 unspecified atom stereocenters. The van der Waals surface area contributed by atoms with Crippen molar-refractivity contribution in [3.63, 3.8) is 0 Å². The second-order valence-corrected chi connectivity index (χ2v) is 9.08. The van der Waals surface area contributed by atoms with E-state index in [0.29, 0.717) is 23.1 Å². The van der Waals surface area contributed by atoms with Gasteiger partial charge in [-0.25, -0.2) is 4.79 Å². The molecule has 0 radical (unpaired) electrons. The standard InChI is InChI=1S/C28H28N2O8/c1-18(32)38-27-21(9-12-25(26(27)16-31)20-5-3-2-4-6-20)13-23-14-24(33)15-29(23)28(34)37-17-19-7-10-22(11-8-19)30(35)36/h2-12,23-24,31,33H,13-17H2,1H3. The van der Waals surface area contributed by atoms with Crippen molar-refractivity contribution in [3.8, 4) is 16.9 Å². The number of aliphatic hydroxyl groups excluding tert-OH is 2. The van der Waals surface area contributed by atoms with Gasteiger partial charge in [0.05, 0.1) is 24.2 Å². The SMILES string of the molecule is CC(=O)Oc1c(CC2CC(O)CN2C(=O)OCc2ccc([N+](=O)[O-])cc2)ccc(-c2ccccc2)c1CO. The first-order chi connectivity index (χ1) is 18.3. The Balaban J connectivity index is 1.55. The van der Waals surface area contributed by atoms with E-state index in [9.17, 15) is 29.9 Å². The number of β-amino-alcohol motifs (C(OH)–C–C–N with tert-alkyl or cyclic N) is 1. The third-order valence-corrected chi connectivity index (χ3v) is 6.42. The molecular weight excluding hydrogens is 492 g/mol. The number of likely N-dealkylation sites (tertiary alicyclic amines) is 1. The van der Waals surface area contributed by atoms with E-state index in [0.717, 1.165) is 11.1 Å². The number of rotatable bonds is 8. The van der Waals surface area contributed by atoms with Gasteiger partial charge in [-0.05, 0) is 47.2 Å². The maximum Gasteiger partial charge on any atom is 0.410 e. The predicted molar refractivity (Wildman–Crippen MR) is 137 cm³/mol. The summed E-state index contributed by atoms with van der Waals surface area (Å²) in [7, 11) is 0. The van der Waals surface area contributed by atoms with Gasteiger partial charge in [0.25, 0.3) is 5.69 Å². The zero-order valence-electron chi connectivity index (χ0n) is 20.8. The highest BCUT2D eigenvalue weighted by atomic mass is 16.6. The van der Waals surface area contributed by atoms with Gasteiger partial charge in [-0.15, -0.1) is 0 Å². The average molecular weight is 521 g/mol. The number of hydrogen-bond acceptors (Lipinski definition) is 8. The maximum atomic E-state index is 12.9. The minimum atomic E-state index is -0.759. The van der Waals surface area contributed by atoms with Gasteiger partial charge in [-0.3, -0.25) is 14.9 Å². The number of ether oxygens (including phenoxy) is 2. The largest absolute Gasteiger partial charge is 0.445 e. The Kier molecular flexibility index (Phi) is 8.35. The molecule has 1 amide bonds. The summed E-state index contributed by atoms with van der Waals surface area (Å²) in [5.74, 6) is -0.307. The monoisotopic (exact) mass is 520 g/mol. The van der Waals surface area contributed by atoms with Gasteiger partial charge in [-0.2, -0.15) is 0 Å². The van der Waals surface area contributed by atoms with Crippen LogP contribution >= 0.6 is 0 Å². The smallest absolute Gasteiger partial charge is 0.410 e. The first-order valence-electron chi connectivity index (χ1n) is 12.1. The van der Waals surface area contributed by atoms with E-state index in [2.05, 4.69) is 0 Å². The molecule has 3 aromatic rings. The lowest BCUT2D eigenvalue weighted by Crippen LogP contribution is -2.37. The van der Waals surface area contributed by atoms with E-state index in [1.54, 1.807) is 6.07 Å². The molecule has 4 rings (SSSR count). The Morgan fingerprint density at radius 3 is 2.42 bits per heavy atom. The van der Waals surface area contributed by atoms with Gasteiger partial charge in [0, 0.05) is 30.7 Å². The molecule has 10 nitrogen and oxygen atoms in total. The zero-order valence-corrected chi connectivity index (χ0v) is 20.8. The van der Waals surface area contributed by atoms with E-state index >= 15 is 0 Å². The number of nitro groups is 1. The summed E-state index contributed by atoms with van der Waals surface area (Å²) in [5.41, 5.74) is 3.16. The number of aliphatic hydroxyl groups is 2. The molecule has 1 fully saturated rings. The molecule has 0 saturated carbocycles. The molecule has 0 aliphatic carbocycles. The Hall–Kier alpha value is -4.28. The van der Waals surface area contributed by atoms with Crippen molar-refractivity contribution in [2.24, 2.45) is 0 Å². The van der Waals surface area contributed by atoms with E-state index in [-0.39, 0.29) is 37.6 Å². The number of non-ortho nitro benzene ring substituents is 1. The van der Waals surface area contributed by atoms with Crippen LogP contribution in [0.5, 0.6) is 5.75 Å². The molecule has 38 heavy (non-hydrogen) atoms. The number of hydrogen-bond donors (Lipinski definition) is 2. The van der Waals surface area contributed by atoms with Crippen LogP contribution in [-0.4, -0.2) is 50.8 Å². The van der Waals surface area contributed by atoms with Crippen LogP contribution in [0.15, 0.2) is 66.7 Å². The fourth-order valence-electron chi connectivity index (χ4n) is 4.66. The highest BCUT2D eigenvalue weighted by Gasteiger charge is 2.36. The lowest BCUT2D eigenvalue weighted by Gasteiger charge is -2.25. The minimum Gasteiger partial charge on any atom is -0.445 e. The summed E-state index contributed by atoms with van der Waals surface area (Å²) in [6, 6.07) is 18.3. The molecule has 1 heterocycles. The van der Waals surface area contributed by atoms with Gasteiger partial charge < -0.3 is 24.6 Å². The second kappa shape index (κ2) is 11.8. The normalized spacial score (nSPS) is 16.8. The van der Waals surface area contributed by atoms with Crippen molar-refractivity contribution in [2.75, 3.05) is 6.54 Å². The second-order valence-electron chi connectivity index (χ2n) is 9.08. The maximum absolute atomic E-state index is 12.9. The van der Waals surface area contributed by atoms with Crippen LogP contribution in [-0.2, 0) is 29.2 Å². The third-order valence-electron chi connectivity index (χ3n) is 6.42. The van der Waals surface area contributed by atoms with E-state index in [1.807, 2.05) is 36.4 Å². The van der Waals surface area contributed by atoms with Crippen LogP contribution < -0.4 is 4.74 Å². The number of amides is 1. The lowest BCUT2D eigenvalue weighted by atomic mass is 9.93. The van der Waals surface area contributed by atoms with Crippen molar-refractivity contribution in [1.82, 2.24) is 4.90 Å². The number of nitrogens with zero attached hydrogens (tertiary/aromatic N) is 2. The van der Waals surface area contributed by atoms with Gasteiger partial charge in [0.2, 0.25) is 0 Å². The first-order valence-corrected chi connectivity index (χ1v) is 12.1. The number of carbonyl (C=O) groups is 2.